The van der Waals surface area contributed by atoms with Crippen molar-refractivity contribution in [3.63, 3.8) is 0 Å². The molecular formula is C18H30O4Si2. The van der Waals surface area contributed by atoms with Crippen molar-refractivity contribution in [1.29, 1.82) is 0 Å². The highest BCUT2D eigenvalue weighted by Gasteiger charge is 2.32. The number of carbonyl (C=O) groups excluding carboxylic acids is 1. The first-order valence-electron chi connectivity index (χ1n) is 8.11. The van der Waals surface area contributed by atoms with E-state index >= 15 is 0 Å². The number of hydrogen-bond acceptors (Lipinski definition) is 4. The summed E-state index contributed by atoms with van der Waals surface area (Å²) >= 11 is 0. The minimum atomic E-state index is -1.19. The molecule has 134 valence electrons. The molecule has 0 fully saturated rings. The maximum atomic E-state index is 11.5. The second kappa shape index (κ2) is 7.74. The van der Waals surface area contributed by atoms with E-state index in [0.29, 0.717) is 22.8 Å². The second-order valence-corrected chi connectivity index (χ2v) is 13.6. The van der Waals surface area contributed by atoms with Crippen LogP contribution in [0.1, 0.15) is 51.9 Å². The number of aldehydes is 1. The molecule has 4 nitrogen and oxygen atoms in total. The molecule has 0 aliphatic heterocycles. The topological polar surface area (TPSA) is 44.8 Å². The minimum absolute atomic E-state index is 0.0369. The number of methoxy groups -OCH3 is 1. The lowest BCUT2D eigenvalue weighted by Crippen LogP contribution is -2.32. The van der Waals surface area contributed by atoms with E-state index in [0.717, 1.165) is 6.29 Å². The molecule has 6 heteroatoms. The van der Waals surface area contributed by atoms with Gasteiger partial charge < -0.3 is 13.6 Å². The van der Waals surface area contributed by atoms with Crippen molar-refractivity contribution >= 4 is 24.4 Å². The average molecular weight is 367 g/mol. The first kappa shape index (κ1) is 20.8. The van der Waals surface area contributed by atoms with Crippen LogP contribution in [0.3, 0.4) is 0 Å². The van der Waals surface area contributed by atoms with Gasteiger partial charge in [-0.3, -0.25) is 4.79 Å². The van der Waals surface area contributed by atoms with Crippen molar-refractivity contribution in [2.45, 2.75) is 64.7 Å². The van der Waals surface area contributed by atoms with Crippen LogP contribution in [0, 0.1) is 0 Å². The fourth-order valence-corrected chi connectivity index (χ4v) is 3.26. The molecular weight excluding hydrogens is 336 g/mol. The molecule has 1 aromatic carbocycles. The molecule has 0 unspecified atom stereocenters. The number of hydrogen-bond donors (Lipinski definition) is 0. The molecule has 0 bridgehead atoms. The number of ether oxygens (including phenoxy) is 1. The first-order chi connectivity index (χ1) is 10.9. The molecule has 0 N–H and O–H groups in total. The Hall–Kier alpha value is -1.28. The minimum Gasteiger partial charge on any atom is -0.539 e. The maximum absolute atomic E-state index is 11.5. The molecule has 0 aliphatic rings. The van der Waals surface area contributed by atoms with E-state index in [2.05, 4.69) is 54.6 Å². The van der Waals surface area contributed by atoms with Gasteiger partial charge in [0.05, 0.1) is 12.7 Å². The van der Waals surface area contributed by atoms with E-state index < -0.39 is 18.1 Å². The zero-order chi connectivity index (χ0) is 18.7. The van der Waals surface area contributed by atoms with Gasteiger partial charge in [0.1, 0.15) is 0 Å². The molecule has 0 aromatic heterocycles. The van der Waals surface area contributed by atoms with Gasteiger partial charge in [0, 0.05) is 0 Å². The Bertz CT molecular complexity index is 574. The van der Waals surface area contributed by atoms with Crippen molar-refractivity contribution in [2.24, 2.45) is 0 Å². The van der Waals surface area contributed by atoms with E-state index in [1.165, 1.54) is 0 Å². The van der Waals surface area contributed by atoms with Crippen LogP contribution in [0.2, 0.25) is 23.2 Å². The van der Waals surface area contributed by atoms with Crippen LogP contribution in [0.4, 0.5) is 0 Å². The Morgan fingerprint density at radius 1 is 0.875 bits per heavy atom. The lowest BCUT2D eigenvalue weighted by Gasteiger charge is -2.30. The summed E-state index contributed by atoms with van der Waals surface area (Å²) in [5, 5.41) is 0.0867. The Balaban J connectivity index is 3.39. The molecule has 0 aliphatic carbocycles. The van der Waals surface area contributed by atoms with E-state index in [4.69, 9.17) is 13.6 Å². The summed E-state index contributed by atoms with van der Waals surface area (Å²) in [4.78, 5) is 11.5. The second-order valence-electron chi connectivity index (χ2n) is 7.95. The Labute approximate surface area is 150 Å². The van der Waals surface area contributed by atoms with Crippen LogP contribution < -0.4 is 13.6 Å². The van der Waals surface area contributed by atoms with Crippen molar-refractivity contribution in [1.82, 2.24) is 0 Å². The van der Waals surface area contributed by atoms with E-state index in [1.54, 1.807) is 19.2 Å². The van der Waals surface area contributed by atoms with Gasteiger partial charge in [0.25, 0.3) is 18.1 Å². The summed E-state index contributed by atoms with van der Waals surface area (Å²) in [5.74, 6) is 1.68. The highest BCUT2D eigenvalue weighted by molar-refractivity contribution is 6.55. The molecule has 0 spiro atoms. The summed E-state index contributed by atoms with van der Waals surface area (Å²) < 4.78 is 18.0. The van der Waals surface area contributed by atoms with Gasteiger partial charge in [-0.25, -0.2) is 0 Å². The predicted octanol–water partition coefficient (Wildman–Crippen LogP) is 5.11. The zero-order valence-electron chi connectivity index (χ0n) is 16.4. The zero-order valence-corrected chi connectivity index (χ0v) is 18.4. The quantitative estimate of drug-likeness (QED) is 0.518. The van der Waals surface area contributed by atoms with Gasteiger partial charge in [0.15, 0.2) is 23.5 Å². The molecule has 0 saturated carbocycles. The molecule has 1 rings (SSSR count). The molecule has 0 amide bonds. The summed E-state index contributed by atoms with van der Waals surface area (Å²) in [5.41, 5.74) is 0.503. The van der Waals surface area contributed by atoms with Crippen molar-refractivity contribution in [3.8, 4) is 17.2 Å². The number of benzene rings is 1. The summed E-state index contributed by atoms with van der Waals surface area (Å²) in [6.07, 6.45) is 0.818. The molecule has 0 atom stereocenters. The van der Waals surface area contributed by atoms with Crippen molar-refractivity contribution in [2.75, 3.05) is 7.11 Å². The first-order valence-corrected chi connectivity index (χ1v) is 11.9. The van der Waals surface area contributed by atoms with Crippen LogP contribution in [0.15, 0.2) is 12.1 Å². The van der Waals surface area contributed by atoms with Gasteiger partial charge >= 0.3 is 0 Å². The Morgan fingerprint density at radius 3 is 1.71 bits per heavy atom. The third kappa shape index (κ3) is 5.11. The van der Waals surface area contributed by atoms with Crippen LogP contribution in [0.5, 0.6) is 17.2 Å². The highest BCUT2D eigenvalue weighted by Crippen LogP contribution is 2.43. The molecule has 2 radical (unpaired) electrons. The van der Waals surface area contributed by atoms with Crippen molar-refractivity contribution in [3.05, 3.63) is 17.7 Å². The van der Waals surface area contributed by atoms with E-state index in [-0.39, 0.29) is 10.1 Å². The average Bonchev–Trinajstić information content (AvgIpc) is 2.46. The highest BCUT2D eigenvalue weighted by atomic mass is 28.3. The molecule has 0 heterocycles. The summed E-state index contributed by atoms with van der Waals surface area (Å²) in [6, 6.07) is 3.49. The fraction of sp³-hybridized carbons (Fsp3) is 0.611. The van der Waals surface area contributed by atoms with E-state index in [9.17, 15) is 4.79 Å². The number of rotatable bonds is 6. The smallest absolute Gasteiger partial charge is 0.283 e. The third-order valence-corrected chi connectivity index (χ3v) is 9.32. The van der Waals surface area contributed by atoms with Gasteiger partial charge in [-0.15, -0.1) is 0 Å². The van der Waals surface area contributed by atoms with Gasteiger partial charge in [-0.1, -0.05) is 41.5 Å². The van der Waals surface area contributed by atoms with Gasteiger partial charge in [-0.2, -0.15) is 0 Å². The summed E-state index contributed by atoms with van der Waals surface area (Å²) in [7, 11) is -0.756. The normalized spacial score (nSPS) is 12.5. The van der Waals surface area contributed by atoms with Crippen LogP contribution >= 0.6 is 0 Å². The molecule has 24 heavy (non-hydrogen) atoms. The standard InChI is InChI=1S/C18H30O4Si2/c1-17(2,3)23(8)21-15-13(12-19)10-11-14(20-7)16(15)22-24(9)18(4,5)6/h10-12H,1-9H3. The SMILES string of the molecule is COc1ccc(C=O)c(O[Si](C)C(C)(C)C)c1O[Si](C)C(C)(C)C. The number of carbonyl (C=O) groups is 1. The fourth-order valence-electron chi connectivity index (χ4n) is 1.63. The predicted molar refractivity (Wildman–Crippen MR) is 102 cm³/mol. The maximum Gasteiger partial charge on any atom is 0.283 e. The molecule has 0 saturated heterocycles. The van der Waals surface area contributed by atoms with Crippen LogP contribution in [0.25, 0.3) is 0 Å². The lowest BCUT2D eigenvalue weighted by molar-refractivity contribution is 0.112. The van der Waals surface area contributed by atoms with Crippen LogP contribution in [-0.4, -0.2) is 31.5 Å². The lowest BCUT2D eigenvalue weighted by atomic mass is 10.2. The van der Waals surface area contributed by atoms with E-state index in [1.807, 2.05) is 0 Å². The van der Waals surface area contributed by atoms with Gasteiger partial charge in [0.2, 0.25) is 0 Å². The monoisotopic (exact) mass is 366 g/mol. The van der Waals surface area contributed by atoms with Crippen LogP contribution in [-0.2, 0) is 0 Å². The summed E-state index contributed by atoms with van der Waals surface area (Å²) in [6.45, 7) is 17.1. The largest absolute Gasteiger partial charge is 0.539 e. The Kier molecular flexibility index (Phi) is 6.70. The molecule has 1 aromatic rings. The third-order valence-electron chi connectivity index (χ3n) is 4.08. The van der Waals surface area contributed by atoms with Crippen molar-refractivity contribution < 1.29 is 18.4 Å². The van der Waals surface area contributed by atoms with Gasteiger partial charge in [-0.05, 0) is 35.3 Å². The Morgan fingerprint density at radius 2 is 1.33 bits per heavy atom.